The molecule has 0 aliphatic heterocycles. The van der Waals surface area contributed by atoms with E-state index in [9.17, 15) is 9.59 Å². The number of hydrogen-bond donors (Lipinski definition) is 4. The van der Waals surface area contributed by atoms with Gasteiger partial charge in [-0.3, -0.25) is 14.3 Å². The van der Waals surface area contributed by atoms with Crippen LogP contribution in [-0.4, -0.2) is 23.6 Å². The first kappa shape index (κ1) is 11.8. The van der Waals surface area contributed by atoms with Crippen molar-refractivity contribution >= 4 is 36.5 Å². The largest absolute Gasteiger partial charge is 0.356 e. The fourth-order valence-corrected chi connectivity index (χ4v) is 1.18. The molecule has 12 heavy (non-hydrogen) atoms. The van der Waals surface area contributed by atoms with Crippen molar-refractivity contribution in [2.24, 2.45) is 0 Å². The highest BCUT2D eigenvalue weighted by Gasteiger charge is 2.11. The van der Waals surface area contributed by atoms with Crippen LogP contribution in [0.5, 0.6) is 0 Å². The van der Waals surface area contributed by atoms with E-state index in [2.05, 4.69) is 35.5 Å². The molecular weight excluding hydrogens is 196 g/mol. The van der Waals surface area contributed by atoms with Crippen LogP contribution in [0, 0.1) is 0 Å². The first-order valence-electron chi connectivity index (χ1n) is 3.44. The normalized spacial score (nSPS) is 12.2. The van der Waals surface area contributed by atoms with E-state index in [-0.39, 0.29) is 11.0 Å². The maximum absolute atomic E-state index is 10.7. The van der Waals surface area contributed by atoms with Crippen molar-refractivity contribution in [2.75, 3.05) is 6.54 Å². The number of hydrogen-bond acceptors (Lipinski definition) is 4. The second kappa shape index (κ2) is 6.33. The average Bonchev–Trinajstić information content (AvgIpc) is 1.96. The van der Waals surface area contributed by atoms with Crippen LogP contribution in [0.15, 0.2) is 0 Å². The lowest BCUT2D eigenvalue weighted by molar-refractivity contribution is -0.119. The Morgan fingerprint density at radius 1 is 1.50 bits per heavy atom. The molecule has 6 heteroatoms. The Labute approximate surface area is 82.4 Å². The maximum atomic E-state index is 10.7. The molecule has 0 heterocycles. The van der Waals surface area contributed by atoms with Crippen LogP contribution in [0.1, 0.15) is 13.3 Å². The number of rotatable bonds is 5. The van der Waals surface area contributed by atoms with E-state index in [0.29, 0.717) is 13.0 Å². The SMILES string of the molecule is CC(=O)NCCC(NS)C(=O)S. The summed E-state index contributed by atoms with van der Waals surface area (Å²) in [6.07, 6.45) is 0.491. The average molecular weight is 208 g/mol. The molecule has 0 saturated heterocycles. The van der Waals surface area contributed by atoms with Crippen molar-refractivity contribution in [3.8, 4) is 0 Å². The van der Waals surface area contributed by atoms with E-state index < -0.39 is 6.04 Å². The monoisotopic (exact) mass is 208 g/mol. The third kappa shape index (κ3) is 5.45. The van der Waals surface area contributed by atoms with E-state index in [1.165, 1.54) is 6.92 Å². The Morgan fingerprint density at radius 2 is 2.08 bits per heavy atom. The molecular formula is C6H12N2O2S2. The summed E-state index contributed by atoms with van der Waals surface area (Å²) >= 11 is 7.38. The van der Waals surface area contributed by atoms with Gasteiger partial charge in [-0.1, -0.05) is 12.8 Å². The molecule has 4 nitrogen and oxygen atoms in total. The molecule has 0 radical (unpaired) electrons. The lowest BCUT2D eigenvalue weighted by atomic mass is 10.2. The van der Waals surface area contributed by atoms with Crippen molar-refractivity contribution in [1.29, 1.82) is 0 Å². The van der Waals surface area contributed by atoms with Crippen molar-refractivity contribution in [2.45, 2.75) is 19.4 Å². The predicted molar refractivity (Wildman–Crippen MR) is 53.2 cm³/mol. The van der Waals surface area contributed by atoms with E-state index in [0.717, 1.165) is 0 Å². The standard InChI is InChI=1S/C6H12N2O2S2/c1-4(9)7-3-2-5(8-12)6(10)11/h5,8,12H,2-3H2,1H3,(H,7,9)(H,10,11). The molecule has 1 unspecified atom stereocenters. The summed E-state index contributed by atoms with van der Waals surface area (Å²) < 4.78 is 2.49. The Hall–Kier alpha value is -0.200. The van der Waals surface area contributed by atoms with Crippen LogP contribution in [0.4, 0.5) is 0 Å². The van der Waals surface area contributed by atoms with Gasteiger partial charge in [0.25, 0.3) is 0 Å². The van der Waals surface area contributed by atoms with Gasteiger partial charge in [0.1, 0.15) is 0 Å². The summed E-state index contributed by atoms with van der Waals surface area (Å²) in [4.78, 5) is 21.1. The van der Waals surface area contributed by atoms with Gasteiger partial charge in [0.05, 0.1) is 6.04 Å². The number of thiol groups is 2. The molecule has 0 saturated carbocycles. The quantitative estimate of drug-likeness (QED) is 0.472. The van der Waals surface area contributed by atoms with Gasteiger partial charge in [-0.15, -0.1) is 12.6 Å². The lowest BCUT2D eigenvalue weighted by Gasteiger charge is -2.10. The van der Waals surface area contributed by atoms with Crippen LogP contribution < -0.4 is 10.0 Å². The Morgan fingerprint density at radius 3 is 2.42 bits per heavy atom. The lowest BCUT2D eigenvalue weighted by Crippen LogP contribution is -2.33. The zero-order valence-corrected chi connectivity index (χ0v) is 8.49. The Bertz CT molecular complexity index is 175. The van der Waals surface area contributed by atoms with Gasteiger partial charge in [0.15, 0.2) is 0 Å². The summed E-state index contributed by atoms with van der Waals surface area (Å²) in [5.41, 5.74) is 0. The molecule has 0 spiro atoms. The van der Waals surface area contributed by atoms with Crippen molar-refractivity contribution in [1.82, 2.24) is 10.0 Å². The third-order valence-electron chi connectivity index (χ3n) is 1.26. The van der Waals surface area contributed by atoms with Gasteiger partial charge < -0.3 is 5.32 Å². The molecule has 70 valence electrons. The van der Waals surface area contributed by atoms with Gasteiger partial charge in [-0.25, -0.2) is 0 Å². The molecule has 0 aliphatic carbocycles. The Kier molecular flexibility index (Phi) is 6.23. The first-order chi connectivity index (χ1) is 5.57. The van der Waals surface area contributed by atoms with Crippen molar-refractivity contribution < 1.29 is 9.59 Å². The van der Waals surface area contributed by atoms with Crippen molar-refractivity contribution in [3.63, 3.8) is 0 Å². The molecule has 0 aromatic rings. The summed E-state index contributed by atoms with van der Waals surface area (Å²) in [5, 5.41) is 2.28. The molecule has 1 amide bonds. The van der Waals surface area contributed by atoms with E-state index in [1.54, 1.807) is 0 Å². The zero-order valence-electron chi connectivity index (χ0n) is 6.70. The van der Waals surface area contributed by atoms with Gasteiger partial charge in [0, 0.05) is 13.5 Å². The van der Waals surface area contributed by atoms with Crippen LogP contribution in [0.25, 0.3) is 0 Å². The molecule has 2 N–H and O–H groups in total. The van der Waals surface area contributed by atoms with Crippen LogP contribution >= 0.6 is 25.4 Å². The number of carbonyl (C=O) groups excluding carboxylic acids is 2. The van der Waals surface area contributed by atoms with Gasteiger partial charge in [-0.2, -0.15) is 0 Å². The topological polar surface area (TPSA) is 58.2 Å². The summed E-state index contributed by atoms with van der Waals surface area (Å²) in [7, 11) is 0. The smallest absolute Gasteiger partial charge is 0.216 e. The first-order valence-corrected chi connectivity index (χ1v) is 4.34. The highest BCUT2D eigenvalue weighted by Crippen LogP contribution is 1.96. The summed E-state index contributed by atoms with van der Waals surface area (Å²) in [5.74, 6) is -0.112. The number of amides is 1. The molecule has 0 aromatic carbocycles. The number of nitrogens with one attached hydrogen (secondary N) is 2. The maximum Gasteiger partial charge on any atom is 0.216 e. The zero-order chi connectivity index (χ0) is 9.56. The fourth-order valence-electron chi connectivity index (χ4n) is 0.636. The molecule has 0 aromatic heterocycles. The third-order valence-corrected chi connectivity index (χ3v) is 1.88. The molecule has 0 rings (SSSR count). The fraction of sp³-hybridized carbons (Fsp3) is 0.667. The Balaban J connectivity index is 3.59. The highest BCUT2D eigenvalue weighted by molar-refractivity contribution is 7.96. The van der Waals surface area contributed by atoms with Crippen LogP contribution in [-0.2, 0) is 9.59 Å². The molecule has 0 fully saturated rings. The van der Waals surface area contributed by atoms with Crippen LogP contribution in [0.2, 0.25) is 0 Å². The van der Waals surface area contributed by atoms with E-state index >= 15 is 0 Å². The molecule has 1 atom stereocenters. The molecule has 0 aliphatic rings. The van der Waals surface area contributed by atoms with E-state index in [1.807, 2.05) is 0 Å². The minimum Gasteiger partial charge on any atom is -0.356 e. The second-order valence-electron chi connectivity index (χ2n) is 2.29. The minimum atomic E-state index is -0.413. The summed E-state index contributed by atoms with van der Waals surface area (Å²) in [6.45, 7) is 1.87. The van der Waals surface area contributed by atoms with E-state index in [4.69, 9.17) is 0 Å². The second-order valence-corrected chi connectivity index (χ2v) is 2.99. The van der Waals surface area contributed by atoms with Crippen molar-refractivity contribution in [3.05, 3.63) is 0 Å². The van der Waals surface area contributed by atoms with Gasteiger partial charge >= 0.3 is 0 Å². The van der Waals surface area contributed by atoms with Gasteiger partial charge in [0.2, 0.25) is 11.0 Å². The predicted octanol–water partition coefficient (Wildman–Crippen LogP) is -0.228. The summed E-state index contributed by atoms with van der Waals surface area (Å²) in [6, 6.07) is -0.413. The molecule has 0 bridgehead atoms. The van der Waals surface area contributed by atoms with Gasteiger partial charge in [-0.05, 0) is 6.42 Å². The number of carbonyl (C=O) groups is 2. The minimum absolute atomic E-state index is 0.112. The highest BCUT2D eigenvalue weighted by atomic mass is 32.1. The van der Waals surface area contributed by atoms with Crippen LogP contribution in [0.3, 0.4) is 0 Å².